The van der Waals surface area contributed by atoms with E-state index in [-0.39, 0.29) is 12.4 Å². The summed E-state index contributed by atoms with van der Waals surface area (Å²) >= 11 is 0. The van der Waals surface area contributed by atoms with Crippen LogP contribution >= 0.6 is 0 Å². The topological polar surface area (TPSA) is 75.4 Å². The molecule has 1 aromatic heterocycles. The number of anilines is 1. The van der Waals surface area contributed by atoms with E-state index in [1.807, 2.05) is 6.92 Å². The number of para-hydroxylation sites is 2. The van der Waals surface area contributed by atoms with Crippen LogP contribution in [0.15, 0.2) is 46.9 Å². The molecule has 0 aliphatic carbocycles. The van der Waals surface area contributed by atoms with Gasteiger partial charge in [-0.2, -0.15) is 0 Å². The van der Waals surface area contributed by atoms with Crippen LogP contribution in [0.3, 0.4) is 0 Å². The predicted molar refractivity (Wildman–Crippen MR) is 105 cm³/mol. The molecule has 0 radical (unpaired) electrons. The standard InChI is InChI=1S/C21H18F3N3O3/c1-2-11-27(12-17(28)25-15-8-7-13(22)20(23)21(15)24)19(29)10-9-18-26-14-5-3-4-6-16(14)30-18/h3-10H,2,11-12H2,1H3,(H,25,28). The highest BCUT2D eigenvalue weighted by atomic mass is 19.2. The van der Waals surface area contributed by atoms with Crippen molar-refractivity contribution in [1.82, 2.24) is 9.88 Å². The molecule has 2 amide bonds. The molecule has 0 aliphatic rings. The molecule has 1 N–H and O–H groups in total. The first-order chi connectivity index (χ1) is 14.4. The van der Waals surface area contributed by atoms with Crippen LogP contribution in [-0.4, -0.2) is 34.8 Å². The molecule has 0 saturated heterocycles. The molecule has 2 aromatic carbocycles. The molecule has 0 aliphatic heterocycles. The lowest BCUT2D eigenvalue weighted by Gasteiger charge is -2.20. The van der Waals surface area contributed by atoms with Gasteiger partial charge in [0.2, 0.25) is 17.7 Å². The predicted octanol–water partition coefficient (Wildman–Crippen LogP) is 4.14. The highest BCUT2D eigenvalue weighted by molar-refractivity contribution is 5.98. The normalized spacial score (nSPS) is 11.2. The number of hydrogen-bond acceptors (Lipinski definition) is 4. The highest BCUT2D eigenvalue weighted by Crippen LogP contribution is 2.19. The van der Waals surface area contributed by atoms with Crippen LogP contribution in [0.1, 0.15) is 19.2 Å². The first kappa shape index (κ1) is 21.1. The quantitative estimate of drug-likeness (QED) is 0.463. The number of benzene rings is 2. The highest BCUT2D eigenvalue weighted by Gasteiger charge is 2.18. The van der Waals surface area contributed by atoms with Gasteiger partial charge in [-0.25, -0.2) is 18.2 Å². The number of hydrogen-bond donors (Lipinski definition) is 1. The molecule has 0 fully saturated rings. The zero-order valence-corrected chi connectivity index (χ0v) is 16.0. The summed E-state index contributed by atoms with van der Waals surface area (Å²) in [6.07, 6.45) is 3.17. The van der Waals surface area contributed by atoms with Crippen LogP contribution in [0.5, 0.6) is 0 Å². The Morgan fingerprint density at radius 1 is 1.13 bits per heavy atom. The molecule has 0 atom stereocenters. The molecule has 0 bridgehead atoms. The second-order valence-corrected chi connectivity index (χ2v) is 6.38. The fourth-order valence-corrected chi connectivity index (χ4v) is 2.73. The maximum atomic E-state index is 13.7. The van der Waals surface area contributed by atoms with Crippen LogP contribution in [0.2, 0.25) is 0 Å². The molecule has 0 spiro atoms. The number of aromatic nitrogens is 1. The average molecular weight is 417 g/mol. The Kier molecular flexibility index (Phi) is 6.51. The van der Waals surface area contributed by atoms with Crippen LogP contribution in [0.4, 0.5) is 18.9 Å². The minimum absolute atomic E-state index is 0.231. The average Bonchev–Trinajstić information content (AvgIpc) is 3.15. The Morgan fingerprint density at radius 3 is 2.63 bits per heavy atom. The SMILES string of the molecule is CCCN(CC(=O)Nc1ccc(F)c(F)c1F)C(=O)C=Cc1nc2ccccc2o1. The van der Waals surface area contributed by atoms with E-state index in [0.29, 0.717) is 23.6 Å². The van der Waals surface area contributed by atoms with Gasteiger partial charge in [-0.3, -0.25) is 9.59 Å². The fraction of sp³-hybridized carbons (Fsp3) is 0.190. The summed E-state index contributed by atoms with van der Waals surface area (Å²) in [5, 5.41) is 2.14. The number of carbonyl (C=O) groups excluding carboxylic acids is 2. The molecular formula is C21H18F3N3O3. The first-order valence-electron chi connectivity index (χ1n) is 9.15. The van der Waals surface area contributed by atoms with Crippen molar-refractivity contribution in [2.24, 2.45) is 0 Å². The maximum absolute atomic E-state index is 13.7. The minimum Gasteiger partial charge on any atom is -0.437 e. The number of nitrogens with one attached hydrogen (secondary N) is 1. The third-order valence-corrected chi connectivity index (χ3v) is 4.13. The van der Waals surface area contributed by atoms with Gasteiger partial charge in [0.15, 0.2) is 23.0 Å². The monoisotopic (exact) mass is 417 g/mol. The molecule has 156 valence electrons. The summed E-state index contributed by atoms with van der Waals surface area (Å²) in [4.78, 5) is 30.1. The van der Waals surface area contributed by atoms with Gasteiger partial charge >= 0.3 is 0 Å². The van der Waals surface area contributed by atoms with Crippen molar-refractivity contribution in [3.8, 4) is 0 Å². The molecule has 1 heterocycles. The van der Waals surface area contributed by atoms with E-state index in [1.54, 1.807) is 24.3 Å². The van der Waals surface area contributed by atoms with E-state index in [2.05, 4.69) is 10.3 Å². The maximum Gasteiger partial charge on any atom is 0.247 e. The van der Waals surface area contributed by atoms with Crippen molar-refractivity contribution in [1.29, 1.82) is 0 Å². The smallest absolute Gasteiger partial charge is 0.247 e. The number of amides is 2. The lowest BCUT2D eigenvalue weighted by Crippen LogP contribution is -2.37. The van der Waals surface area contributed by atoms with E-state index in [9.17, 15) is 22.8 Å². The number of nitrogens with zero attached hydrogens (tertiary/aromatic N) is 2. The Labute approximate surface area is 170 Å². The first-order valence-corrected chi connectivity index (χ1v) is 9.15. The van der Waals surface area contributed by atoms with Crippen LogP contribution in [0.25, 0.3) is 17.2 Å². The molecule has 0 saturated carbocycles. The Balaban J connectivity index is 1.67. The molecule has 9 heteroatoms. The van der Waals surface area contributed by atoms with Crippen molar-refractivity contribution in [3.63, 3.8) is 0 Å². The van der Waals surface area contributed by atoms with Crippen molar-refractivity contribution in [2.45, 2.75) is 13.3 Å². The summed E-state index contributed by atoms with van der Waals surface area (Å²) in [6, 6.07) is 8.72. The summed E-state index contributed by atoms with van der Waals surface area (Å²) in [5.74, 6) is -5.56. The van der Waals surface area contributed by atoms with Gasteiger partial charge in [0, 0.05) is 18.7 Å². The van der Waals surface area contributed by atoms with Gasteiger partial charge in [-0.1, -0.05) is 19.1 Å². The second-order valence-electron chi connectivity index (χ2n) is 6.38. The number of oxazole rings is 1. The summed E-state index contributed by atoms with van der Waals surface area (Å²) < 4.78 is 45.5. The van der Waals surface area contributed by atoms with E-state index in [4.69, 9.17) is 4.42 Å². The van der Waals surface area contributed by atoms with E-state index in [0.717, 1.165) is 6.07 Å². The van der Waals surface area contributed by atoms with Crippen LogP contribution in [0, 0.1) is 17.5 Å². The molecule has 3 rings (SSSR count). The fourth-order valence-electron chi connectivity index (χ4n) is 2.73. The number of halogens is 3. The van der Waals surface area contributed by atoms with E-state index < -0.39 is 41.5 Å². The van der Waals surface area contributed by atoms with Gasteiger partial charge in [-0.05, 0) is 30.7 Å². The molecular weight excluding hydrogens is 399 g/mol. The van der Waals surface area contributed by atoms with Crippen molar-refractivity contribution in [3.05, 3.63) is 65.8 Å². The molecule has 3 aromatic rings. The summed E-state index contributed by atoms with van der Waals surface area (Å²) in [6.45, 7) is 1.67. The molecule has 6 nitrogen and oxygen atoms in total. The van der Waals surface area contributed by atoms with Crippen LogP contribution in [-0.2, 0) is 9.59 Å². The van der Waals surface area contributed by atoms with Gasteiger partial charge in [-0.15, -0.1) is 0 Å². The molecule has 0 unspecified atom stereocenters. The molecule has 30 heavy (non-hydrogen) atoms. The van der Waals surface area contributed by atoms with Crippen LogP contribution < -0.4 is 5.32 Å². The third kappa shape index (κ3) is 4.86. The summed E-state index contributed by atoms with van der Waals surface area (Å²) in [5.41, 5.74) is 0.704. The third-order valence-electron chi connectivity index (χ3n) is 4.13. The Bertz CT molecular complexity index is 1080. The lowest BCUT2D eigenvalue weighted by atomic mass is 10.2. The van der Waals surface area contributed by atoms with Gasteiger partial charge in [0.05, 0.1) is 5.69 Å². The zero-order valence-electron chi connectivity index (χ0n) is 16.0. The minimum atomic E-state index is -1.68. The van der Waals surface area contributed by atoms with Gasteiger partial charge in [0.1, 0.15) is 12.1 Å². The number of fused-ring (bicyclic) bond motifs is 1. The number of rotatable bonds is 7. The van der Waals surface area contributed by atoms with E-state index >= 15 is 0 Å². The van der Waals surface area contributed by atoms with Crippen molar-refractivity contribution in [2.75, 3.05) is 18.4 Å². The second kappa shape index (κ2) is 9.25. The Hall–Kier alpha value is -3.62. The van der Waals surface area contributed by atoms with Crippen molar-refractivity contribution >= 4 is 34.7 Å². The largest absolute Gasteiger partial charge is 0.437 e. The Morgan fingerprint density at radius 2 is 1.90 bits per heavy atom. The lowest BCUT2D eigenvalue weighted by molar-refractivity contribution is -0.130. The van der Waals surface area contributed by atoms with Gasteiger partial charge in [0.25, 0.3) is 0 Å². The zero-order chi connectivity index (χ0) is 21.7. The number of carbonyl (C=O) groups is 2. The van der Waals surface area contributed by atoms with Gasteiger partial charge < -0.3 is 14.6 Å². The van der Waals surface area contributed by atoms with Crippen molar-refractivity contribution < 1.29 is 27.2 Å². The van der Waals surface area contributed by atoms with E-state index in [1.165, 1.54) is 17.1 Å². The summed E-state index contributed by atoms with van der Waals surface area (Å²) in [7, 11) is 0.